The van der Waals surface area contributed by atoms with Gasteiger partial charge < -0.3 is 61.3 Å². The highest BCUT2D eigenvalue weighted by atomic mass is 16.7. The number of nitrogens with one attached hydrogen (secondary N) is 6. The van der Waals surface area contributed by atoms with Gasteiger partial charge in [-0.05, 0) is 70.8 Å². The molecular formula is C49H58N8O14. The smallest absolute Gasteiger partial charge is 0.449 e. The van der Waals surface area contributed by atoms with Gasteiger partial charge in [0, 0.05) is 43.8 Å². The predicted octanol–water partition coefficient (Wildman–Crippen LogP) is 4.40. The van der Waals surface area contributed by atoms with Crippen LogP contribution in [0, 0.1) is 16.0 Å². The Hall–Kier alpha value is -8.11. The van der Waals surface area contributed by atoms with Crippen LogP contribution in [-0.4, -0.2) is 111 Å². The number of non-ortho nitro benzene ring substituents is 1. The van der Waals surface area contributed by atoms with Crippen LogP contribution in [0.15, 0.2) is 97.1 Å². The Kier molecular flexibility index (Phi) is 20.6. The highest BCUT2D eigenvalue weighted by molar-refractivity contribution is 5.99. The summed E-state index contributed by atoms with van der Waals surface area (Å²) in [5, 5.41) is 26.5. The number of nitro groups is 1. The number of benzene rings is 4. The molecule has 1 aliphatic rings. The molecule has 4 aromatic rings. The molecule has 0 saturated carbocycles. The molecule has 0 bridgehead atoms. The number of ether oxygens (including phenoxy) is 5. The largest absolute Gasteiger partial charge is 0.514 e. The van der Waals surface area contributed by atoms with Gasteiger partial charge in [0.2, 0.25) is 23.6 Å². The molecule has 0 heterocycles. The maximum atomic E-state index is 13.8. The van der Waals surface area contributed by atoms with Crippen LogP contribution >= 0.6 is 0 Å². The van der Waals surface area contributed by atoms with Crippen molar-refractivity contribution in [3.63, 3.8) is 0 Å². The number of primary amides is 1. The van der Waals surface area contributed by atoms with Crippen molar-refractivity contribution < 1.29 is 62.2 Å². The fraction of sp³-hybridized carbons (Fsp3) is 0.367. The van der Waals surface area contributed by atoms with E-state index in [0.29, 0.717) is 11.3 Å². The van der Waals surface area contributed by atoms with E-state index in [-0.39, 0.29) is 82.9 Å². The van der Waals surface area contributed by atoms with Gasteiger partial charge in [-0.25, -0.2) is 14.4 Å². The summed E-state index contributed by atoms with van der Waals surface area (Å²) in [6.45, 7) is 4.82. The topological polar surface area (TPSA) is 307 Å². The Morgan fingerprint density at radius 1 is 0.704 bits per heavy atom. The average molecular weight is 983 g/mol. The molecule has 0 radical (unpaired) electrons. The molecule has 5 rings (SSSR count). The first-order valence-electron chi connectivity index (χ1n) is 22.7. The quantitative estimate of drug-likeness (QED) is 0.0151. The lowest BCUT2D eigenvalue weighted by atomic mass is 9.98. The predicted molar refractivity (Wildman–Crippen MR) is 257 cm³/mol. The first-order chi connectivity index (χ1) is 34.1. The molecule has 71 heavy (non-hydrogen) atoms. The minimum absolute atomic E-state index is 0.0288. The summed E-state index contributed by atoms with van der Waals surface area (Å²) >= 11 is 0. The molecule has 7 amide bonds. The van der Waals surface area contributed by atoms with Crippen molar-refractivity contribution in [1.29, 1.82) is 0 Å². The van der Waals surface area contributed by atoms with Crippen molar-refractivity contribution in [3.8, 4) is 16.9 Å². The van der Waals surface area contributed by atoms with Gasteiger partial charge in [0.25, 0.3) is 5.69 Å². The number of nitrogens with zero attached hydrogens (tertiary/aromatic N) is 1. The Morgan fingerprint density at radius 3 is 1.97 bits per heavy atom. The monoisotopic (exact) mass is 982 g/mol. The van der Waals surface area contributed by atoms with Gasteiger partial charge in [0.15, 0.2) is 0 Å². The highest BCUT2D eigenvalue weighted by Crippen LogP contribution is 2.44. The Labute approximate surface area is 409 Å². The zero-order valence-corrected chi connectivity index (χ0v) is 39.4. The molecule has 22 nitrogen and oxygen atoms in total. The second kappa shape index (κ2) is 27.2. The van der Waals surface area contributed by atoms with Gasteiger partial charge in [-0.15, -0.1) is 0 Å². The third-order valence-electron chi connectivity index (χ3n) is 10.9. The number of rotatable bonds is 26. The van der Waals surface area contributed by atoms with E-state index in [9.17, 15) is 43.7 Å². The summed E-state index contributed by atoms with van der Waals surface area (Å²) in [6, 6.07) is 22.8. The molecule has 8 N–H and O–H groups in total. The van der Waals surface area contributed by atoms with E-state index < -0.39 is 70.9 Å². The van der Waals surface area contributed by atoms with E-state index in [2.05, 4.69) is 44.0 Å². The lowest BCUT2D eigenvalue weighted by Crippen LogP contribution is -2.58. The Bertz CT molecular complexity index is 2440. The van der Waals surface area contributed by atoms with Gasteiger partial charge >= 0.3 is 18.3 Å². The van der Waals surface area contributed by atoms with Crippen LogP contribution in [0.2, 0.25) is 0 Å². The SMILES string of the molecule is CC(=O)N[C@@H](COCCOCCNC(=O)OCC1c2ccccc2-c2ccccc21)C(=O)N[C@H](C(=O)N[C@@H](CCCNC(N)=O)C(=O)Nc1ccc(COC(=O)Oc2ccc([N+](=O)[O-])cc2)cc1)C(C)C. The maximum Gasteiger partial charge on any atom is 0.514 e. The van der Waals surface area contributed by atoms with E-state index >= 15 is 0 Å². The first kappa shape index (κ1) is 53.8. The molecule has 0 aromatic heterocycles. The minimum Gasteiger partial charge on any atom is -0.449 e. The van der Waals surface area contributed by atoms with E-state index in [1.54, 1.807) is 26.0 Å². The van der Waals surface area contributed by atoms with Crippen molar-refractivity contribution >= 4 is 53.3 Å². The third kappa shape index (κ3) is 17.1. The number of carbonyl (C=O) groups excluding carboxylic acids is 7. The molecule has 0 saturated heterocycles. The number of fused-ring (bicyclic) bond motifs is 3. The summed E-state index contributed by atoms with van der Waals surface area (Å²) < 4.78 is 26.9. The zero-order valence-electron chi connectivity index (χ0n) is 39.4. The maximum absolute atomic E-state index is 13.8. The van der Waals surface area contributed by atoms with Crippen LogP contribution in [-0.2, 0) is 44.7 Å². The number of hydrogen-bond donors (Lipinski definition) is 7. The van der Waals surface area contributed by atoms with Gasteiger partial charge in [0.05, 0.1) is 31.4 Å². The molecule has 378 valence electrons. The number of alkyl carbamates (subject to hydrolysis) is 1. The summed E-state index contributed by atoms with van der Waals surface area (Å²) in [5.74, 6) is -3.10. The van der Waals surface area contributed by atoms with Crippen LogP contribution in [0.25, 0.3) is 11.1 Å². The standard InChI is InChI=1S/C49H58N8O14/c1-30(2)43(46(61)55-41(13-8-22-51-47(50)62)44(59)54-33-16-14-32(15-17-33)27-70-49(64)71-35-20-18-34(19-21-35)57(65)66)56-45(60)42(53-31(3)58)29-68-26-25-67-24-23-52-48(63)69-28-40-38-11-6-4-9-36(38)37-10-5-7-12-39(37)40/h4-7,9-12,14-21,30,40-43H,8,13,22-29H2,1-3H3,(H,52,63)(H,53,58)(H,54,59)(H,55,61)(H,56,60)(H3,50,51,62)/t41-,42-,43-/m0/s1. The number of hydrogen-bond acceptors (Lipinski definition) is 14. The second-order valence-corrected chi connectivity index (χ2v) is 16.5. The molecule has 1 aliphatic carbocycles. The number of nitrogens with two attached hydrogens (primary N) is 1. The summed E-state index contributed by atoms with van der Waals surface area (Å²) in [5.41, 5.74) is 10.3. The number of urea groups is 1. The summed E-state index contributed by atoms with van der Waals surface area (Å²) in [4.78, 5) is 99.2. The molecule has 0 fully saturated rings. The van der Waals surface area contributed by atoms with Crippen LogP contribution in [0.3, 0.4) is 0 Å². The van der Waals surface area contributed by atoms with Crippen molar-refractivity contribution in [2.24, 2.45) is 11.7 Å². The van der Waals surface area contributed by atoms with Gasteiger partial charge in [-0.3, -0.25) is 29.3 Å². The van der Waals surface area contributed by atoms with E-state index in [0.717, 1.165) is 22.3 Å². The van der Waals surface area contributed by atoms with Crippen molar-refractivity contribution in [2.75, 3.05) is 51.4 Å². The van der Waals surface area contributed by atoms with Crippen LogP contribution in [0.4, 0.5) is 25.8 Å². The minimum atomic E-state index is -1.20. The van der Waals surface area contributed by atoms with Gasteiger partial charge in [-0.2, -0.15) is 0 Å². The van der Waals surface area contributed by atoms with E-state index in [4.69, 9.17) is 29.4 Å². The number of amides is 7. The van der Waals surface area contributed by atoms with E-state index in [1.807, 2.05) is 36.4 Å². The highest BCUT2D eigenvalue weighted by Gasteiger charge is 2.32. The molecule has 4 aromatic carbocycles. The fourth-order valence-corrected chi connectivity index (χ4v) is 7.38. The molecule has 3 atom stereocenters. The number of anilines is 1. The van der Waals surface area contributed by atoms with E-state index in [1.165, 1.54) is 43.3 Å². The van der Waals surface area contributed by atoms with Crippen LogP contribution in [0.1, 0.15) is 56.2 Å². The lowest BCUT2D eigenvalue weighted by Gasteiger charge is -2.27. The Balaban J connectivity index is 1.05. The lowest BCUT2D eigenvalue weighted by molar-refractivity contribution is -0.384. The molecule has 0 aliphatic heterocycles. The normalized spacial score (nSPS) is 12.7. The van der Waals surface area contributed by atoms with Crippen LogP contribution in [0.5, 0.6) is 5.75 Å². The van der Waals surface area contributed by atoms with Gasteiger partial charge in [0.1, 0.15) is 37.1 Å². The number of nitro benzene ring substituents is 1. The molecule has 0 spiro atoms. The first-order valence-corrected chi connectivity index (χ1v) is 22.7. The van der Waals surface area contributed by atoms with Gasteiger partial charge in [-0.1, -0.05) is 74.5 Å². The van der Waals surface area contributed by atoms with Crippen molar-refractivity contribution in [1.82, 2.24) is 26.6 Å². The third-order valence-corrected chi connectivity index (χ3v) is 10.9. The Morgan fingerprint density at radius 2 is 1.35 bits per heavy atom. The molecule has 0 unspecified atom stereocenters. The van der Waals surface area contributed by atoms with Crippen LogP contribution < -0.4 is 42.4 Å². The van der Waals surface area contributed by atoms with Crippen molar-refractivity contribution in [2.45, 2.75) is 64.3 Å². The molecular weight excluding hydrogens is 925 g/mol. The zero-order chi connectivity index (χ0) is 51.3. The summed E-state index contributed by atoms with van der Waals surface area (Å²) in [6.07, 6.45) is -1.35. The number of carbonyl (C=O) groups is 7. The fourth-order valence-electron chi connectivity index (χ4n) is 7.38. The second-order valence-electron chi connectivity index (χ2n) is 16.5. The van der Waals surface area contributed by atoms with Crippen molar-refractivity contribution in [3.05, 3.63) is 124 Å². The average Bonchev–Trinajstić information content (AvgIpc) is 3.66. The molecule has 22 heteroatoms. The summed E-state index contributed by atoms with van der Waals surface area (Å²) in [7, 11) is 0.